The molecule has 2 heteroatoms. The van der Waals surface area contributed by atoms with Gasteiger partial charge in [0.2, 0.25) is 0 Å². The molecular weight excluding hydrogens is 290 g/mol. The van der Waals surface area contributed by atoms with Gasteiger partial charge in [0.1, 0.15) is 0 Å². The van der Waals surface area contributed by atoms with Crippen LogP contribution in [0, 0.1) is 5.92 Å². The smallest absolute Gasteiger partial charge is 0.0568 e. The zero-order valence-corrected chi connectivity index (χ0v) is 13.5. The van der Waals surface area contributed by atoms with E-state index in [9.17, 15) is 0 Å². The SMILES string of the molecule is CCc1ccc2c(c1)[C@@H]1C=CC[C@H]1[C@@H](c1ccccc1Cl)N2. The van der Waals surface area contributed by atoms with Crippen LogP contribution in [0.5, 0.6) is 0 Å². The van der Waals surface area contributed by atoms with Crippen molar-refractivity contribution in [2.75, 3.05) is 5.32 Å². The summed E-state index contributed by atoms with van der Waals surface area (Å²) in [7, 11) is 0. The summed E-state index contributed by atoms with van der Waals surface area (Å²) < 4.78 is 0. The van der Waals surface area contributed by atoms with Gasteiger partial charge >= 0.3 is 0 Å². The predicted octanol–water partition coefficient (Wildman–Crippen LogP) is 5.73. The minimum Gasteiger partial charge on any atom is -0.378 e. The summed E-state index contributed by atoms with van der Waals surface area (Å²) in [6.07, 6.45) is 6.91. The van der Waals surface area contributed by atoms with Crippen molar-refractivity contribution in [3.8, 4) is 0 Å². The lowest BCUT2D eigenvalue weighted by Gasteiger charge is -2.38. The van der Waals surface area contributed by atoms with Crippen molar-refractivity contribution >= 4 is 17.3 Å². The number of halogens is 1. The molecule has 22 heavy (non-hydrogen) atoms. The lowest BCUT2D eigenvalue weighted by Crippen LogP contribution is -2.29. The molecule has 0 saturated heterocycles. The van der Waals surface area contributed by atoms with Crippen LogP contribution in [0.3, 0.4) is 0 Å². The molecule has 0 radical (unpaired) electrons. The van der Waals surface area contributed by atoms with E-state index in [4.69, 9.17) is 11.6 Å². The van der Waals surface area contributed by atoms with Crippen LogP contribution >= 0.6 is 11.6 Å². The van der Waals surface area contributed by atoms with E-state index in [0.29, 0.717) is 11.8 Å². The first-order valence-corrected chi connectivity index (χ1v) is 8.46. The van der Waals surface area contributed by atoms with E-state index in [1.165, 1.54) is 22.4 Å². The van der Waals surface area contributed by atoms with Crippen molar-refractivity contribution < 1.29 is 0 Å². The molecule has 112 valence electrons. The van der Waals surface area contributed by atoms with Gasteiger partial charge in [-0.05, 0) is 47.6 Å². The second-order valence-electron chi connectivity index (χ2n) is 6.27. The van der Waals surface area contributed by atoms with Crippen LogP contribution in [0.25, 0.3) is 0 Å². The minimum absolute atomic E-state index is 0.286. The number of benzene rings is 2. The lowest BCUT2D eigenvalue weighted by molar-refractivity contribution is 0.425. The molecule has 2 aromatic carbocycles. The Labute approximate surface area is 137 Å². The number of nitrogens with one attached hydrogen (secondary N) is 1. The Kier molecular flexibility index (Phi) is 3.46. The Morgan fingerprint density at radius 1 is 1.14 bits per heavy atom. The molecule has 0 fully saturated rings. The van der Waals surface area contributed by atoms with Crippen LogP contribution in [-0.2, 0) is 6.42 Å². The molecule has 0 saturated carbocycles. The molecule has 3 atom stereocenters. The van der Waals surface area contributed by atoms with E-state index < -0.39 is 0 Å². The first-order valence-electron chi connectivity index (χ1n) is 8.08. The Balaban J connectivity index is 1.80. The first kappa shape index (κ1) is 13.9. The molecule has 0 bridgehead atoms. The maximum absolute atomic E-state index is 6.46. The highest BCUT2D eigenvalue weighted by Crippen LogP contribution is 2.50. The van der Waals surface area contributed by atoms with Crippen LogP contribution in [0.4, 0.5) is 5.69 Å². The quantitative estimate of drug-likeness (QED) is 0.699. The van der Waals surface area contributed by atoms with Crippen LogP contribution in [0.15, 0.2) is 54.6 Å². The molecule has 1 aliphatic heterocycles. The normalized spacial score (nSPS) is 25.5. The van der Waals surface area contributed by atoms with Gasteiger partial charge in [0.15, 0.2) is 0 Å². The van der Waals surface area contributed by atoms with Gasteiger partial charge in [0, 0.05) is 16.6 Å². The largest absolute Gasteiger partial charge is 0.378 e. The van der Waals surface area contributed by atoms with Gasteiger partial charge < -0.3 is 5.32 Å². The van der Waals surface area contributed by atoms with Crippen molar-refractivity contribution in [2.24, 2.45) is 5.92 Å². The molecule has 1 N–H and O–H groups in total. The predicted molar refractivity (Wildman–Crippen MR) is 93.6 cm³/mol. The number of rotatable bonds is 2. The van der Waals surface area contributed by atoms with Crippen LogP contribution in [0.1, 0.15) is 42.0 Å². The molecule has 0 unspecified atom stereocenters. The Morgan fingerprint density at radius 2 is 2.00 bits per heavy atom. The number of hydrogen-bond acceptors (Lipinski definition) is 1. The standard InChI is InChI=1S/C20H20ClN/c1-2-13-10-11-19-17(12-13)14-7-5-8-15(14)20(22-19)16-6-3-4-9-18(16)21/h3-7,9-12,14-15,20,22H,2,8H2,1H3/t14-,15-,20+/m1/s1. The lowest BCUT2D eigenvalue weighted by atomic mass is 9.76. The summed E-state index contributed by atoms with van der Waals surface area (Å²) in [6.45, 7) is 2.21. The second kappa shape index (κ2) is 5.48. The topological polar surface area (TPSA) is 12.0 Å². The monoisotopic (exact) mass is 309 g/mol. The molecule has 1 aliphatic carbocycles. The van der Waals surface area contributed by atoms with Crippen LogP contribution in [0.2, 0.25) is 5.02 Å². The fourth-order valence-corrected chi connectivity index (χ4v) is 4.15. The highest BCUT2D eigenvalue weighted by molar-refractivity contribution is 6.31. The minimum atomic E-state index is 0.286. The van der Waals surface area contributed by atoms with E-state index in [1.807, 2.05) is 12.1 Å². The Morgan fingerprint density at radius 3 is 2.82 bits per heavy atom. The summed E-state index contributed by atoms with van der Waals surface area (Å²) in [6, 6.07) is 15.4. The van der Waals surface area contributed by atoms with Gasteiger partial charge in [-0.2, -0.15) is 0 Å². The molecule has 4 rings (SSSR count). The fourth-order valence-electron chi connectivity index (χ4n) is 3.90. The van der Waals surface area contributed by atoms with Crippen LogP contribution < -0.4 is 5.32 Å². The summed E-state index contributed by atoms with van der Waals surface area (Å²) in [5.74, 6) is 1.06. The molecular formula is C20H20ClN. The fraction of sp³-hybridized carbons (Fsp3) is 0.300. The maximum atomic E-state index is 6.46. The third-order valence-electron chi connectivity index (χ3n) is 5.08. The highest BCUT2D eigenvalue weighted by Gasteiger charge is 2.38. The molecule has 0 spiro atoms. The summed E-state index contributed by atoms with van der Waals surface area (Å²) in [4.78, 5) is 0. The highest BCUT2D eigenvalue weighted by atomic mass is 35.5. The third kappa shape index (κ3) is 2.16. The van der Waals surface area contributed by atoms with Crippen LogP contribution in [-0.4, -0.2) is 0 Å². The molecule has 1 nitrogen and oxygen atoms in total. The molecule has 0 aromatic heterocycles. The van der Waals surface area contributed by atoms with Crippen molar-refractivity contribution in [1.29, 1.82) is 0 Å². The van der Waals surface area contributed by atoms with E-state index in [1.54, 1.807) is 0 Å². The first-order chi connectivity index (χ1) is 10.8. The Hall–Kier alpha value is -1.73. The van der Waals surface area contributed by atoms with Crippen molar-refractivity contribution in [1.82, 2.24) is 0 Å². The molecule has 1 heterocycles. The summed E-state index contributed by atoms with van der Waals surface area (Å²) >= 11 is 6.46. The van der Waals surface area contributed by atoms with Gasteiger partial charge in [-0.15, -0.1) is 0 Å². The third-order valence-corrected chi connectivity index (χ3v) is 5.42. The van der Waals surface area contributed by atoms with E-state index >= 15 is 0 Å². The number of allylic oxidation sites excluding steroid dienone is 2. The van der Waals surface area contributed by atoms with Crippen molar-refractivity contribution in [3.63, 3.8) is 0 Å². The zero-order valence-electron chi connectivity index (χ0n) is 12.7. The van der Waals surface area contributed by atoms with Crippen molar-refractivity contribution in [3.05, 3.63) is 76.3 Å². The average molecular weight is 310 g/mol. The molecule has 2 aliphatic rings. The van der Waals surface area contributed by atoms with Crippen molar-refractivity contribution in [2.45, 2.75) is 31.7 Å². The number of fused-ring (bicyclic) bond motifs is 3. The maximum Gasteiger partial charge on any atom is 0.0568 e. The van der Waals surface area contributed by atoms with E-state index in [2.05, 4.69) is 54.7 Å². The van der Waals surface area contributed by atoms with Gasteiger partial charge in [0.05, 0.1) is 6.04 Å². The second-order valence-corrected chi connectivity index (χ2v) is 6.68. The van der Waals surface area contributed by atoms with E-state index in [-0.39, 0.29) is 6.04 Å². The van der Waals surface area contributed by atoms with Gasteiger partial charge in [0.25, 0.3) is 0 Å². The van der Waals surface area contributed by atoms with E-state index in [0.717, 1.165) is 17.9 Å². The number of aryl methyl sites for hydroxylation is 1. The van der Waals surface area contributed by atoms with Gasteiger partial charge in [-0.3, -0.25) is 0 Å². The average Bonchev–Trinajstić information content (AvgIpc) is 3.04. The number of hydrogen-bond donors (Lipinski definition) is 1. The number of anilines is 1. The molecule has 2 aromatic rings. The van der Waals surface area contributed by atoms with Gasteiger partial charge in [-0.25, -0.2) is 0 Å². The summed E-state index contributed by atoms with van der Waals surface area (Å²) in [5.41, 5.74) is 5.33. The Bertz CT molecular complexity index is 734. The zero-order chi connectivity index (χ0) is 15.1. The summed E-state index contributed by atoms with van der Waals surface area (Å²) in [5, 5.41) is 4.61. The van der Waals surface area contributed by atoms with Gasteiger partial charge in [-0.1, -0.05) is 61.0 Å². The molecule has 0 amide bonds.